The van der Waals surface area contributed by atoms with Crippen LogP contribution in [-0.4, -0.2) is 10.2 Å². The number of halogens is 2. The molecule has 0 aliphatic carbocycles. The fourth-order valence-corrected chi connectivity index (χ4v) is 3.78. The molecule has 2 aromatic carbocycles. The van der Waals surface area contributed by atoms with Crippen LogP contribution in [0, 0.1) is 0 Å². The minimum Gasteiger partial charge on any atom is -0.508 e. The van der Waals surface area contributed by atoms with Crippen LogP contribution in [0.3, 0.4) is 0 Å². The lowest BCUT2D eigenvalue weighted by atomic mass is 9.84. The van der Waals surface area contributed by atoms with E-state index in [0.29, 0.717) is 27.6 Å². The molecule has 2 rings (SSSR count). The average molecular weight is 381 g/mol. The van der Waals surface area contributed by atoms with Gasteiger partial charge in [-0.2, -0.15) is 0 Å². The summed E-state index contributed by atoms with van der Waals surface area (Å²) in [6.45, 7) is 12.3. The highest BCUT2D eigenvalue weighted by molar-refractivity contribution is 6.32. The van der Waals surface area contributed by atoms with Gasteiger partial charge in [-0.25, -0.2) is 0 Å². The van der Waals surface area contributed by atoms with E-state index < -0.39 is 0 Å². The van der Waals surface area contributed by atoms with Crippen LogP contribution < -0.4 is 0 Å². The molecule has 0 spiro atoms. The molecule has 0 aliphatic heterocycles. The van der Waals surface area contributed by atoms with Crippen molar-refractivity contribution in [1.29, 1.82) is 0 Å². The zero-order valence-electron chi connectivity index (χ0n) is 15.7. The number of benzene rings is 2. The van der Waals surface area contributed by atoms with Crippen LogP contribution in [0.1, 0.15) is 63.8 Å². The lowest BCUT2D eigenvalue weighted by Crippen LogP contribution is -2.12. The molecule has 0 aliphatic rings. The molecule has 0 saturated carbocycles. The van der Waals surface area contributed by atoms with E-state index in [1.807, 2.05) is 41.5 Å². The summed E-state index contributed by atoms with van der Waals surface area (Å²) in [6, 6.07) is 6.95. The fourth-order valence-electron chi connectivity index (χ4n) is 2.84. The first-order valence-corrected chi connectivity index (χ1v) is 9.10. The number of rotatable bonds is 2. The van der Waals surface area contributed by atoms with Crippen LogP contribution in [0.5, 0.6) is 11.5 Å². The molecule has 2 nitrogen and oxygen atoms in total. The second-order valence-electron chi connectivity index (χ2n) is 8.60. The van der Waals surface area contributed by atoms with Crippen molar-refractivity contribution in [3.8, 4) is 11.5 Å². The minimum absolute atomic E-state index is 0.160. The van der Waals surface area contributed by atoms with E-state index in [1.54, 1.807) is 24.3 Å². The third kappa shape index (κ3) is 4.43. The number of hydrogen-bond acceptors (Lipinski definition) is 2. The van der Waals surface area contributed by atoms with Gasteiger partial charge in [0.15, 0.2) is 0 Å². The largest absolute Gasteiger partial charge is 0.508 e. The number of hydrogen-bond donors (Lipinski definition) is 2. The van der Waals surface area contributed by atoms with Crippen molar-refractivity contribution in [3.05, 3.63) is 56.6 Å². The first kappa shape index (κ1) is 19.9. The van der Waals surface area contributed by atoms with Gasteiger partial charge in [-0.15, -0.1) is 0 Å². The Labute approximate surface area is 160 Å². The second-order valence-corrected chi connectivity index (χ2v) is 9.41. The molecule has 0 bridgehead atoms. The zero-order chi connectivity index (χ0) is 19.2. The fraction of sp³-hybridized carbons (Fsp3) is 0.429. The molecule has 2 N–H and O–H groups in total. The van der Waals surface area contributed by atoms with Crippen LogP contribution in [0.2, 0.25) is 10.0 Å². The van der Waals surface area contributed by atoms with Crippen molar-refractivity contribution in [2.45, 2.75) is 58.8 Å². The Morgan fingerprint density at radius 2 is 1.00 bits per heavy atom. The third-order valence-electron chi connectivity index (χ3n) is 4.33. The predicted octanol–water partition coefficient (Wildman–Crippen LogP) is 6.59. The Hall–Kier alpha value is -1.38. The maximum absolute atomic E-state index is 10.4. The Bertz CT molecular complexity index is 730. The Morgan fingerprint density at radius 1 is 0.680 bits per heavy atom. The Morgan fingerprint density at radius 3 is 1.28 bits per heavy atom. The minimum atomic E-state index is -0.160. The highest BCUT2D eigenvalue weighted by atomic mass is 35.5. The van der Waals surface area contributed by atoms with Gasteiger partial charge in [-0.1, -0.05) is 64.7 Å². The normalized spacial score (nSPS) is 12.5. The van der Waals surface area contributed by atoms with Crippen LogP contribution in [0.4, 0.5) is 0 Å². The van der Waals surface area contributed by atoms with Gasteiger partial charge in [0.25, 0.3) is 0 Å². The summed E-state index contributed by atoms with van der Waals surface area (Å²) in [6.07, 6.45) is 0.353. The Balaban J connectivity index is 2.44. The van der Waals surface area contributed by atoms with E-state index in [4.69, 9.17) is 23.2 Å². The standard InChI is InChI=1S/C21H26Cl2O2/c1-20(2,3)14-10-18(24)12(8-16(14)22)7-13-9-17(23)15(11-19(13)25)21(4,5)6/h8-11,24-25H,7H2,1-6H3. The van der Waals surface area contributed by atoms with Crippen molar-refractivity contribution in [2.75, 3.05) is 0 Å². The zero-order valence-corrected chi connectivity index (χ0v) is 17.2. The SMILES string of the molecule is CC(C)(C)c1cc(O)c(Cc2cc(Cl)c(C(C)(C)C)cc2O)cc1Cl. The molecule has 136 valence electrons. The smallest absolute Gasteiger partial charge is 0.119 e. The van der Waals surface area contributed by atoms with Gasteiger partial charge in [0, 0.05) is 16.5 Å². The molecule has 0 radical (unpaired) electrons. The lowest BCUT2D eigenvalue weighted by molar-refractivity contribution is 0.458. The van der Waals surface area contributed by atoms with Gasteiger partial charge in [0.05, 0.1) is 0 Å². The highest BCUT2D eigenvalue weighted by Gasteiger charge is 2.22. The third-order valence-corrected chi connectivity index (χ3v) is 4.96. The summed E-state index contributed by atoms with van der Waals surface area (Å²) in [5, 5.41) is 22.0. The maximum Gasteiger partial charge on any atom is 0.119 e. The van der Waals surface area contributed by atoms with E-state index in [1.165, 1.54) is 0 Å². The van der Waals surface area contributed by atoms with Crippen molar-refractivity contribution < 1.29 is 10.2 Å². The molecule has 0 aromatic heterocycles. The molecule has 0 unspecified atom stereocenters. The van der Waals surface area contributed by atoms with E-state index >= 15 is 0 Å². The molecular formula is C21H26Cl2O2. The van der Waals surface area contributed by atoms with Gasteiger partial charge in [-0.05, 0) is 57.3 Å². The average Bonchev–Trinajstić information content (AvgIpc) is 2.43. The molecule has 0 fully saturated rings. The predicted molar refractivity (Wildman–Crippen MR) is 106 cm³/mol. The molecule has 0 atom stereocenters. The molecule has 4 heteroatoms. The molecule has 2 aromatic rings. The first-order valence-electron chi connectivity index (χ1n) is 8.34. The van der Waals surface area contributed by atoms with Crippen molar-refractivity contribution in [1.82, 2.24) is 0 Å². The first-order chi connectivity index (χ1) is 11.3. The van der Waals surface area contributed by atoms with Gasteiger partial charge < -0.3 is 10.2 Å². The topological polar surface area (TPSA) is 40.5 Å². The molecule has 25 heavy (non-hydrogen) atoms. The van der Waals surface area contributed by atoms with E-state index in [2.05, 4.69) is 0 Å². The summed E-state index contributed by atoms with van der Waals surface area (Å²) in [5.41, 5.74) is 2.78. The van der Waals surface area contributed by atoms with Crippen molar-refractivity contribution in [2.24, 2.45) is 0 Å². The van der Waals surface area contributed by atoms with Gasteiger partial charge in [0.2, 0.25) is 0 Å². The molecule has 0 saturated heterocycles. The number of phenols is 2. The molecule has 0 amide bonds. The highest BCUT2D eigenvalue weighted by Crippen LogP contribution is 2.38. The molecular weight excluding hydrogens is 355 g/mol. The maximum atomic E-state index is 10.4. The quantitative estimate of drug-likeness (QED) is 0.616. The van der Waals surface area contributed by atoms with Gasteiger partial charge in [0.1, 0.15) is 11.5 Å². The van der Waals surface area contributed by atoms with E-state index in [-0.39, 0.29) is 22.3 Å². The van der Waals surface area contributed by atoms with E-state index in [9.17, 15) is 10.2 Å². The second kappa shape index (κ2) is 6.74. The summed E-state index contributed by atoms with van der Waals surface area (Å²) in [7, 11) is 0. The van der Waals surface area contributed by atoms with Crippen LogP contribution in [-0.2, 0) is 17.3 Å². The molecule has 0 heterocycles. The van der Waals surface area contributed by atoms with Crippen LogP contribution in [0.15, 0.2) is 24.3 Å². The number of phenolic OH excluding ortho intramolecular Hbond substituents is 2. The van der Waals surface area contributed by atoms with Gasteiger partial charge in [-0.3, -0.25) is 0 Å². The van der Waals surface area contributed by atoms with Crippen molar-refractivity contribution >= 4 is 23.2 Å². The van der Waals surface area contributed by atoms with Crippen molar-refractivity contribution in [3.63, 3.8) is 0 Å². The lowest BCUT2D eigenvalue weighted by Gasteiger charge is -2.23. The summed E-state index contributed by atoms with van der Waals surface area (Å²) in [5.74, 6) is 0.342. The summed E-state index contributed by atoms with van der Waals surface area (Å²) >= 11 is 12.8. The number of aromatic hydroxyl groups is 2. The summed E-state index contributed by atoms with van der Waals surface area (Å²) < 4.78 is 0. The Kier molecular flexibility index (Phi) is 5.37. The van der Waals surface area contributed by atoms with E-state index in [0.717, 1.165) is 11.1 Å². The van der Waals surface area contributed by atoms with Crippen LogP contribution >= 0.6 is 23.2 Å². The summed E-state index contributed by atoms with van der Waals surface area (Å²) in [4.78, 5) is 0. The monoisotopic (exact) mass is 380 g/mol. The van der Waals surface area contributed by atoms with Crippen LogP contribution in [0.25, 0.3) is 0 Å². The van der Waals surface area contributed by atoms with Gasteiger partial charge >= 0.3 is 0 Å².